The van der Waals surface area contributed by atoms with Crippen molar-refractivity contribution in [2.24, 2.45) is 11.3 Å². The van der Waals surface area contributed by atoms with Crippen LogP contribution in [-0.2, 0) is 13.1 Å². The third-order valence-corrected chi connectivity index (χ3v) is 8.71. The zero-order valence-electron chi connectivity index (χ0n) is 26.4. The molecule has 0 aromatic heterocycles. The molecule has 1 aromatic carbocycles. The SMILES string of the molecule is C=CC1CC=C(/C=C(\C=C/C)NC(=C)CN(Cc2ccccc2CNC)C(=C)C2(C)CC(CC)NC(C(=C)C)C2)C1. The lowest BCUT2D eigenvalue weighted by Gasteiger charge is -2.48. The molecule has 3 N–H and O–H groups in total. The molecule has 0 saturated carbocycles. The lowest BCUT2D eigenvalue weighted by Crippen LogP contribution is -2.52. The highest BCUT2D eigenvalue weighted by molar-refractivity contribution is 5.34. The second kappa shape index (κ2) is 15.2. The molecule has 4 atom stereocenters. The van der Waals surface area contributed by atoms with Crippen LogP contribution in [0.15, 0.2) is 109 Å². The summed E-state index contributed by atoms with van der Waals surface area (Å²) >= 11 is 0. The number of benzene rings is 1. The topological polar surface area (TPSA) is 39.3 Å². The summed E-state index contributed by atoms with van der Waals surface area (Å²) in [5.41, 5.74) is 8.32. The van der Waals surface area contributed by atoms with Crippen molar-refractivity contribution in [3.63, 3.8) is 0 Å². The second-order valence-electron chi connectivity index (χ2n) is 12.3. The molecule has 1 heterocycles. The maximum absolute atomic E-state index is 4.79. The molecule has 0 amide bonds. The molecule has 222 valence electrons. The molecule has 3 rings (SSSR count). The fourth-order valence-corrected chi connectivity index (χ4v) is 6.25. The van der Waals surface area contributed by atoms with E-state index >= 15 is 0 Å². The highest BCUT2D eigenvalue weighted by atomic mass is 15.2. The molecule has 0 bridgehead atoms. The fourth-order valence-electron chi connectivity index (χ4n) is 6.25. The number of nitrogens with zero attached hydrogens (tertiary/aromatic N) is 1. The summed E-state index contributed by atoms with van der Waals surface area (Å²) < 4.78 is 0. The van der Waals surface area contributed by atoms with E-state index < -0.39 is 0 Å². The van der Waals surface area contributed by atoms with E-state index in [1.807, 2.05) is 7.05 Å². The zero-order chi connectivity index (χ0) is 30.0. The number of hydrogen-bond acceptors (Lipinski definition) is 4. The zero-order valence-corrected chi connectivity index (χ0v) is 26.4. The van der Waals surface area contributed by atoms with Crippen LogP contribution in [0.3, 0.4) is 0 Å². The van der Waals surface area contributed by atoms with Gasteiger partial charge in [0.05, 0.1) is 6.54 Å². The number of allylic oxidation sites excluding steroid dienone is 7. The summed E-state index contributed by atoms with van der Waals surface area (Å²) in [5.74, 6) is 0.536. The van der Waals surface area contributed by atoms with Gasteiger partial charge in [-0.05, 0) is 87.8 Å². The van der Waals surface area contributed by atoms with Crippen molar-refractivity contribution in [2.45, 2.75) is 85.0 Å². The Morgan fingerprint density at radius 3 is 2.51 bits per heavy atom. The van der Waals surface area contributed by atoms with Gasteiger partial charge >= 0.3 is 0 Å². The van der Waals surface area contributed by atoms with Gasteiger partial charge in [-0.1, -0.05) is 81.7 Å². The fraction of sp³-hybridized carbons (Fsp3) is 0.459. The minimum Gasteiger partial charge on any atom is -0.365 e. The van der Waals surface area contributed by atoms with Crippen LogP contribution in [0, 0.1) is 11.3 Å². The lowest BCUT2D eigenvalue weighted by molar-refractivity contribution is 0.145. The van der Waals surface area contributed by atoms with Crippen LogP contribution in [0.25, 0.3) is 0 Å². The largest absolute Gasteiger partial charge is 0.365 e. The molecule has 4 nitrogen and oxygen atoms in total. The Balaban J connectivity index is 1.89. The van der Waals surface area contributed by atoms with Crippen molar-refractivity contribution in [3.05, 3.63) is 120 Å². The number of piperidine rings is 1. The van der Waals surface area contributed by atoms with Gasteiger partial charge in [0, 0.05) is 47.7 Å². The smallest absolute Gasteiger partial charge is 0.0574 e. The van der Waals surface area contributed by atoms with E-state index in [0.29, 0.717) is 24.5 Å². The van der Waals surface area contributed by atoms with Gasteiger partial charge in [0.2, 0.25) is 0 Å². The number of nitrogens with one attached hydrogen (secondary N) is 3. The first-order chi connectivity index (χ1) is 19.6. The summed E-state index contributed by atoms with van der Waals surface area (Å²) in [6.45, 7) is 28.7. The van der Waals surface area contributed by atoms with E-state index in [-0.39, 0.29) is 5.41 Å². The van der Waals surface area contributed by atoms with Gasteiger partial charge < -0.3 is 20.9 Å². The third-order valence-electron chi connectivity index (χ3n) is 8.71. The molecule has 1 saturated heterocycles. The monoisotopic (exact) mass is 554 g/mol. The predicted octanol–water partition coefficient (Wildman–Crippen LogP) is 7.92. The second-order valence-corrected chi connectivity index (χ2v) is 12.3. The summed E-state index contributed by atoms with van der Waals surface area (Å²) in [6, 6.07) is 9.45. The number of rotatable bonds is 15. The average Bonchev–Trinajstić information content (AvgIpc) is 3.40. The molecule has 0 spiro atoms. The van der Waals surface area contributed by atoms with E-state index in [1.54, 1.807) is 0 Å². The van der Waals surface area contributed by atoms with Gasteiger partial charge in [-0.3, -0.25) is 0 Å². The Kier molecular flexibility index (Phi) is 12.1. The molecule has 1 aliphatic carbocycles. The first kappa shape index (κ1) is 32.4. The highest BCUT2D eigenvalue weighted by Crippen LogP contribution is 2.43. The summed E-state index contributed by atoms with van der Waals surface area (Å²) in [5, 5.41) is 10.8. The molecule has 4 heteroatoms. The Morgan fingerprint density at radius 1 is 1.17 bits per heavy atom. The van der Waals surface area contributed by atoms with Crippen molar-refractivity contribution < 1.29 is 0 Å². The Labute approximate surface area is 250 Å². The summed E-state index contributed by atoms with van der Waals surface area (Å²) in [7, 11) is 2.00. The van der Waals surface area contributed by atoms with E-state index in [4.69, 9.17) is 6.58 Å². The first-order valence-electron chi connectivity index (χ1n) is 15.3. The maximum atomic E-state index is 4.79. The van der Waals surface area contributed by atoms with Gasteiger partial charge in [0.1, 0.15) is 0 Å². The van der Waals surface area contributed by atoms with Crippen molar-refractivity contribution in [3.8, 4) is 0 Å². The highest BCUT2D eigenvalue weighted by Gasteiger charge is 2.40. The normalized spacial score (nSPS) is 24.7. The first-order valence-corrected chi connectivity index (χ1v) is 15.3. The minimum absolute atomic E-state index is 0.0515. The molecule has 1 fully saturated rings. The van der Waals surface area contributed by atoms with Crippen LogP contribution in [0.5, 0.6) is 0 Å². The van der Waals surface area contributed by atoms with Gasteiger partial charge in [0.15, 0.2) is 0 Å². The van der Waals surface area contributed by atoms with E-state index in [2.05, 4.69) is 123 Å². The molecule has 41 heavy (non-hydrogen) atoms. The Hall–Kier alpha value is -3.08. The van der Waals surface area contributed by atoms with E-state index in [1.165, 1.54) is 28.0 Å². The standard InChI is InChI=1S/C37H54N4/c1-10-15-35(21-31-19-18-30(11-2)20-31)39-28(6)25-41(26-33-17-14-13-16-32(33)24-38-9)29(7)37(8)22-34(12-3)40-36(23-37)27(4)5/h10-11,13-17,19,21,30,34,36,38-40H,2,4,6-7,12,18,20,22-26H2,1,3,5,8-9H3/b15-10-,35-21+. The van der Waals surface area contributed by atoms with Gasteiger partial charge in [-0.2, -0.15) is 0 Å². The Bertz CT molecular complexity index is 1190. The van der Waals surface area contributed by atoms with Crippen LogP contribution in [-0.4, -0.2) is 30.6 Å². The van der Waals surface area contributed by atoms with Gasteiger partial charge in [-0.15, -0.1) is 6.58 Å². The van der Waals surface area contributed by atoms with Crippen LogP contribution in [0.4, 0.5) is 0 Å². The van der Waals surface area contributed by atoms with Crippen molar-refractivity contribution in [2.75, 3.05) is 13.6 Å². The molecule has 2 aliphatic rings. The molecule has 1 aliphatic heterocycles. The molecule has 4 unspecified atom stereocenters. The summed E-state index contributed by atoms with van der Waals surface area (Å²) in [4.78, 5) is 2.45. The minimum atomic E-state index is -0.0515. The van der Waals surface area contributed by atoms with E-state index in [9.17, 15) is 0 Å². The molecule has 0 radical (unpaired) electrons. The molecular formula is C37H54N4. The van der Waals surface area contributed by atoms with Gasteiger partial charge in [-0.25, -0.2) is 0 Å². The third kappa shape index (κ3) is 8.95. The van der Waals surface area contributed by atoms with Crippen molar-refractivity contribution in [1.82, 2.24) is 20.9 Å². The van der Waals surface area contributed by atoms with Gasteiger partial charge in [0.25, 0.3) is 0 Å². The van der Waals surface area contributed by atoms with E-state index in [0.717, 1.165) is 56.6 Å². The van der Waals surface area contributed by atoms with Crippen LogP contribution in [0.1, 0.15) is 70.9 Å². The summed E-state index contributed by atoms with van der Waals surface area (Å²) in [6.07, 6.45) is 16.1. The van der Waals surface area contributed by atoms with Crippen molar-refractivity contribution in [1.29, 1.82) is 0 Å². The van der Waals surface area contributed by atoms with Crippen LogP contribution < -0.4 is 16.0 Å². The van der Waals surface area contributed by atoms with Crippen LogP contribution in [0.2, 0.25) is 0 Å². The molecule has 1 aromatic rings. The lowest BCUT2D eigenvalue weighted by atomic mass is 9.70. The quantitative estimate of drug-likeness (QED) is 0.152. The maximum Gasteiger partial charge on any atom is 0.0574 e. The predicted molar refractivity (Wildman–Crippen MR) is 178 cm³/mol. The number of hydrogen-bond donors (Lipinski definition) is 3. The average molecular weight is 555 g/mol. The van der Waals surface area contributed by atoms with Crippen molar-refractivity contribution >= 4 is 0 Å². The van der Waals surface area contributed by atoms with Crippen LogP contribution >= 0.6 is 0 Å². The molecular weight excluding hydrogens is 500 g/mol. The Morgan fingerprint density at radius 2 is 1.90 bits per heavy atom.